The van der Waals surface area contributed by atoms with Crippen LogP contribution in [0.3, 0.4) is 0 Å². The van der Waals surface area contributed by atoms with Crippen LogP contribution in [0.1, 0.15) is 28.2 Å². The number of hydrogen-bond acceptors (Lipinski definition) is 4. The lowest BCUT2D eigenvalue weighted by Gasteiger charge is -2.02. The van der Waals surface area contributed by atoms with Crippen LogP contribution in [0.15, 0.2) is 24.3 Å². The second-order valence-electron chi connectivity index (χ2n) is 4.69. The summed E-state index contributed by atoms with van der Waals surface area (Å²) in [6.45, 7) is 3.04. The average Bonchev–Trinajstić information content (AvgIpc) is 2.86. The number of benzene rings is 1. The molecule has 0 atom stereocenters. The summed E-state index contributed by atoms with van der Waals surface area (Å²) in [6.07, 6.45) is 1.76. The molecule has 0 aliphatic carbocycles. The number of nitrogens with zero attached hydrogens (tertiary/aromatic N) is 1. The molecule has 0 saturated carbocycles. The van der Waals surface area contributed by atoms with Gasteiger partial charge in [-0.15, -0.1) is 36.2 Å². The molecule has 1 heterocycles. The minimum atomic E-state index is -0.287. The maximum Gasteiger partial charge on any atom is 0.263 e. The van der Waals surface area contributed by atoms with Gasteiger partial charge in [-0.3, -0.25) is 4.79 Å². The molecule has 1 aromatic carbocycles. The quantitative estimate of drug-likeness (QED) is 0.753. The number of nitrogens with two attached hydrogens (primary N) is 1. The molecule has 2 rings (SSSR count). The van der Waals surface area contributed by atoms with E-state index in [0.717, 1.165) is 23.4 Å². The highest BCUT2D eigenvalue weighted by Gasteiger charge is 2.15. The van der Waals surface area contributed by atoms with Gasteiger partial charge in [0.15, 0.2) is 0 Å². The van der Waals surface area contributed by atoms with E-state index in [4.69, 9.17) is 5.73 Å². The maximum absolute atomic E-state index is 12.9. The van der Waals surface area contributed by atoms with Crippen LogP contribution < -0.4 is 11.1 Å². The second-order valence-corrected chi connectivity index (χ2v) is 5.69. The Balaban J connectivity index is 0.00000242. The number of aryl methyl sites for hydroxylation is 1. The van der Waals surface area contributed by atoms with Gasteiger partial charge >= 0.3 is 0 Å². The van der Waals surface area contributed by atoms with Gasteiger partial charge in [0, 0.05) is 12.1 Å². The Morgan fingerprint density at radius 1 is 1.26 bits per heavy atom. The van der Waals surface area contributed by atoms with E-state index < -0.39 is 0 Å². The van der Waals surface area contributed by atoms with Crippen molar-refractivity contribution >= 4 is 42.1 Å². The predicted molar refractivity (Wildman–Crippen MR) is 97.4 cm³/mol. The Morgan fingerprint density at radius 2 is 1.91 bits per heavy atom. The third-order valence-electron chi connectivity index (χ3n) is 3.01. The average molecular weight is 380 g/mol. The smallest absolute Gasteiger partial charge is 0.263 e. The number of carbonyl (C=O) groups is 1. The molecular weight excluding hydrogens is 360 g/mol. The third kappa shape index (κ3) is 6.06. The minimum absolute atomic E-state index is 0. The molecule has 2 aromatic rings. The van der Waals surface area contributed by atoms with Crippen molar-refractivity contribution in [2.75, 3.05) is 13.1 Å². The van der Waals surface area contributed by atoms with Crippen molar-refractivity contribution in [2.45, 2.75) is 19.8 Å². The van der Waals surface area contributed by atoms with Crippen molar-refractivity contribution in [3.63, 3.8) is 0 Å². The molecular formula is C15H20Cl2FN3OS. The lowest BCUT2D eigenvalue weighted by atomic mass is 10.2. The predicted octanol–water partition coefficient (Wildman–Crippen LogP) is 3.57. The largest absolute Gasteiger partial charge is 0.351 e. The van der Waals surface area contributed by atoms with E-state index in [-0.39, 0.29) is 36.5 Å². The normalized spacial score (nSPS) is 9.70. The Bertz CT molecular complexity index is 620. The van der Waals surface area contributed by atoms with Gasteiger partial charge in [0.2, 0.25) is 0 Å². The van der Waals surface area contributed by atoms with E-state index in [1.807, 2.05) is 0 Å². The summed E-state index contributed by atoms with van der Waals surface area (Å²) in [5, 5.41) is 3.59. The van der Waals surface area contributed by atoms with Crippen molar-refractivity contribution < 1.29 is 9.18 Å². The summed E-state index contributed by atoms with van der Waals surface area (Å²) >= 11 is 1.32. The summed E-state index contributed by atoms with van der Waals surface area (Å²) in [7, 11) is 0. The Hall–Kier alpha value is -1.21. The SMILES string of the molecule is Cc1nc(-c2ccc(F)cc2)sc1C(=O)NCCCCN.Cl.Cl. The van der Waals surface area contributed by atoms with E-state index in [9.17, 15) is 9.18 Å². The molecule has 0 bridgehead atoms. The van der Waals surface area contributed by atoms with E-state index >= 15 is 0 Å². The van der Waals surface area contributed by atoms with Crippen molar-refractivity contribution in [3.8, 4) is 10.6 Å². The first-order valence-corrected chi connectivity index (χ1v) is 7.65. The van der Waals surface area contributed by atoms with Gasteiger partial charge in [0.25, 0.3) is 5.91 Å². The first kappa shape index (κ1) is 21.8. The zero-order valence-corrected chi connectivity index (χ0v) is 15.1. The number of unbranched alkanes of at least 4 members (excludes halogenated alkanes) is 1. The van der Waals surface area contributed by atoms with Gasteiger partial charge in [-0.1, -0.05) is 0 Å². The molecule has 23 heavy (non-hydrogen) atoms. The van der Waals surface area contributed by atoms with Crippen LogP contribution in [0.5, 0.6) is 0 Å². The molecule has 0 radical (unpaired) electrons. The van der Waals surface area contributed by atoms with Crippen molar-refractivity contribution in [3.05, 3.63) is 40.7 Å². The highest BCUT2D eigenvalue weighted by Crippen LogP contribution is 2.27. The monoisotopic (exact) mass is 379 g/mol. The number of halogens is 3. The second kappa shape index (κ2) is 10.5. The molecule has 1 amide bonds. The van der Waals surface area contributed by atoms with Gasteiger partial charge in [0.05, 0.1) is 5.69 Å². The van der Waals surface area contributed by atoms with Crippen LogP contribution in [-0.2, 0) is 0 Å². The van der Waals surface area contributed by atoms with Gasteiger partial charge in [-0.25, -0.2) is 9.37 Å². The van der Waals surface area contributed by atoms with Crippen molar-refractivity contribution in [2.24, 2.45) is 5.73 Å². The van der Waals surface area contributed by atoms with Gasteiger partial charge in [-0.2, -0.15) is 0 Å². The lowest BCUT2D eigenvalue weighted by Crippen LogP contribution is -2.24. The molecule has 0 aliphatic heterocycles. The summed E-state index contributed by atoms with van der Waals surface area (Å²) in [4.78, 5) is 17.1. The zero-order chi connectivity index (χ0) is 15.2. The third-order valence-corrected chi connectivity index (χ3v) is 4.22. The molecule has 0 saturated heterocycles. The Kier molecular flexibility index (Phi) is 9.99. The van der Waals surface area contributed by atoms with E-state index in [0.29, 0.717) is 23.7 Å². The van der Waals surface area contributed by atoms with Crippen LogP contribution in [0, 0.1) is 12.7 Å². The highest BCUT2D eigenvalue weighted by atomic mass is 35.5. The summed E-state index contributed by atoms with van der Waals surface area (Å²) < 4.78 is 12.9. The Morgan fingerprint density at radius 3 is 2.52 bits per heavy atom. The topological polar surface area (TPSA) is 68.0 Å². The van der Waals surface area contributed by atoms with E-state index in [1.165, 1.54) is 23.5 Å². The van der Waals surface area contributed by atoms with Crippen LogP contribution in [0.4, 0.5) is 4.39 Å². The number of hydrogen-bond donors (Lipinski definition) is 2. The van der Waals surface area contributed by atoms with Crippen LogP contribution in [0.25, 0.3) is 10.6 Å². The molecule has 3 N–H and O–H groups in total. The fourth-order valence-corrected chi connectivity index (χ4v) is 2.86. The molecule has 128 valence electrons. The number of amides is 1. The van der Waals surface area contributed by atoms with Crippen LogP contribution >= 0.6 is 36.2 Å². The fourth-order valence-electron chi connectivity index (χ4n) is 1.87. The number of carbonyl (C=O) groups excluding carboxylic acids is 1. The number of aromatic nitrogens is 1. The minimum Gasteiger partial charge on any atom is -0.351 e. The molecule has 0 unspecified atom stereocenters. The van der Waals surface area contributed by atoms with Crippen molar-refractivity contribution in [1.82, 2.24) is 10.3 Å². The number of nitrogens with one attached hydrogen (secondary N) is 1. The van der Waals surface area contributed by atoms with Crippen LogP contribution in [0.2, 0.25) is 0 Å². The van der Waals surface area contributed by atoms with E-state index in [1.54, 1.807) is 19.1 Å². The van der Waals surface area contributed by atoms with Crippen molar-refractivity contribution in [1.29, 1.82) is 0 Å². The van der Waals surface area contributed by atoms with Crippen LogP contribution in [-0.4, -0.2) is 24.0 Å². The highest BCUT2D eigenvalue weighted by molar-refractivity contribution is 7.17. The molecule has 1 aromatic heterocycles. The molecule has 0 aliphatic rings. The molecule has 0 spiro atoms. The summed E-state index contributed by atoms with van der Waals surface area (Å²) in [5.41, 5.74) is 6.91. The first-order valence-electron chi connectivity index (χ1n) is 6.83. The number of rotatable bonds is 6. The maximum atomic E-state index is 12.9. The summed E-state index contributed by atoms with van der Waals surface area (Å²) in [6, 6.07) is 6.10. The van der Waals surface area contributed by atoms with Gasteiger partial charge < -0.3 is 11.1 Å². The van der Waals surface area contributed by atoms with Gasteiger partial charge in [-0.05, 0) is 50.6 Å². The molecule has 4 nitrogen and oxygen atoms in total. The van der Waals surface area contributed by atoms with E-state index in [2.05, 4.69) is 10.3 Å². The Labute approximate surface area is 151 Å². The number of thiazole rings is 1. The fraction of sp³-hybridized carbons (Fsp3) is 0.333. The molecule has 0 fully saturated rings. The first-order chi connectivity index (χ1) is 10.1. The zero-order valence-electron chi connectivity index (χ0n) is 12.7. The molecule has 8 heteroatoms. The lowest BCUT2D eigenvalue weighted by molar-refractivity contribution is 0.0956. The van der Waals surface area contributed by atoms with Gasteiger partial charge in [0.1, 0.15) is 15.7 Å². The summed E-state index contributed by atoms with van der Waals surface area (Å²) in [5.74, 6) is -0.403. The standard InChI is InChI=1S/C15H18FN3OS.2ClH/c1-10-13(14(20)18-9-3-2-8-17)21-15(19-10)11-4-6-12(16)7-5-11;;/h4-7H,2-3,8-9,17H2,1H3,(H,18,20);2*1H.